The first-order valence-electron chi connectivity index (χ1n) is 13.2. The molecule has 1 aliphatic carbocycles. The minimum atomic E-state index is -4.15. The molecule has 0 saturated heterocycles. The molecule has 212 valence electrons. The molecule has 0 unspecified atom stereocenters. The summed E-state index contributed by atoms with van der Waals surface area (Å²) in [7, 11) is -2.65. The summed E-state index contributed by atoms with van der Waals surface area (Å²) in [6.45, 7) is 1.07. The van der Waals surface area contributed by atoms with E-state index in [9.17, 15) is 22.4 Å². The second kappa shape index (κ2) is 13.0. The van der Waals surface area contributed by atoms with Crippen LogP contribution in [0.25, 0.3) is 0 Å². The summed E-state index contributed by atoms with van der Waals surface area (Å²) < 4.78 is 47.4. The van der Waals surface area contributed by atoms with Gasteiger partial charge in [-0.1, -0.05) is 43.2 Å². The summed E-state index contributed by atoms with van der Waals surface area (Å²) in [6, 6.07) is 19.0. The van der Waals surface area contributed by atoms with Gasteiger partial charge in [-0.15, -0.1) is 0 Å². The number of benzene rings is 3. The molecule has 0 bridgehead atoms. The van der Waals surface area contributed by atoms with Crippen LogP contribution in [0.4, 0.5) is 10.1 Å². The Bertz CT molecular complexity index is 1390. The summed E-state index contributed by atoms with van der Waals surface area (Å²) in [6.07, 6.45) is 3.83. The van der Waals surface area contributed by atoms with Crippen molar-refractivity contribution < 1.29 is 27.1 Å². The summed E-state index contributed by atoms with van der Waals surface area (Å²) in [5, 5.41) is 3.02. The summed E-state index contributed by atoms with van der Waals surface area (Å²) >= 11 is 0. The first-order chi connectivity index (χ1) is 19.2. The van der Waals surface area contributed by atoms with Crippen LogP contribution in [0.15, 0.2) is 83.8 Å². The molecule has 8 nitrogen and oxygen atoms in total. The van der Waals surface area contributed by atoms with Crippen LogP contribution in [0.5, 0.6) is 5.75 Å². The van der Waals surface area contributed by atoms with Gasteiger partial charge in [0.2, 0.25) is 11.8 Å². The summed E-state index contributed by atoms with van der Waals surface area (Å²) in [5.74, 6) is -0.784. The zero-order valence-corrected chi connectivity index (χ0v) is 23.4. The molecule has 0 aliphatic heterocycles. The van der Waals surface area contributed by atoms with Gasteiger partial charge in [0.1, 0.15) is 24.2 Å². The van der Waals surface area contributed by atoms with E-state index in [0.29, 0.717) is 11.3 Å². The number of halogens is 1. The van der Waals surface area contributed by atoms with Crippen LogP contribution >= 0.6 is 0 Å². The van der Waals surface area contributed by atoms with Crippen LogP contribution in [-0.4, -0.2) is 50.9 Å². The number of carbonyl (C=O) groups excluding carboxylic acids is 2. The average Bonchev–Trinajstić information content (AvgIpc) is 3.48. The number of amides is 2. The van der Waals surface area contributed by atoms with Crippen LogP contribution < -0.4 is 14.4 Å². The number of anilines is 1. The van der Waals surface area contributed by atoms with Gasteiger partial charge >= 0.3 is 0 Å². The number of nitrogens with one attached hydrogen (secondary N) is 1. The van der Waals surface area contributed by atoms with Gasteiger partial charge in [0.25, 0.3) is 10.0 Å². The maximum absolute atomic E-state index is 13.9. The third kappa shape index (κ3) is 6.98. The molecular weight excluding hydrogens is 533 g/mol. The van der Waals surface area contributed by atoms with E-state index in [4.69, 9.17) is 4.74 Å². The van der Waals surface area contributed by atoms with Crippen molar-refractivity contribution in [1.82, 2.24) is 10.2 Å². The van der Waals surface area contributed by atoms with Gasteiger partial charge in [-0.2, -0.15) is 0 Å². The Kier molecular flexibility index (Phi) is 9.42. The van der Waals surface area contributed by atoms with Crippen molar-refractivity contribution in [3.63, 3.8) is 0 Å². The van der Waals surface area contributed by atoms with Gasteiger partial charge in [-0.3, -0.25) is 13.9 Å². The van der Waals surface area contributed by atoms with Crippen molar-refractivity contribution in [2.75, 3.05) is 18.0 Å². The maximum atomic E-state index is 13.9. The Hall–Kier alpha value is -3.92. The molecule has 1 N–H and O–H groups in total. The Balaban J connectivity index is 1.67. The highest BCUT2D eigenvalue weighted by atomic mass is 32.2. The number of methoxy groups -OCH3 is 1. The molecule has 4 rings (SSSR count). The number of hydrogen-bond acceptors (Lipinski definition) is 5. The molecule has 3 aromatic rings. The van der Waals surface area contributed by atoms with Crippen molar-refractivity contribution in [2.45, 2.75) is 56.1 Å². The predicted octanol–water partition coefficient (Wildman–Crippen LogP) is 4.51. The fourth-order valence-corrected chi connectivity index (χ4v) is 6.19. The predicted molar refractivity (Wildman–Crippen MR) is 151 cm³/mol. The van der Waals surface area contributed by atoms with Crippen molar-refractivity contribution in [3.05, 3.63) is 90.2 Å². The highest BCUT2D eigenvalue weighted by molar-refractivity contribution is 7.92. The fraction of sp³-hybridized carbons (Fsp3) is 0.333. The van der Waals surface area contributed by atoms with Crippen LogP contribution in [0, 0.1) is 5.82 Å². The molecule has 1 saturated carbocycles. The molecule has 0 heterocycles. The van der Waals surface area contributed by atoms with Gasteiger partial charge in [-0.25, -0.2) is 12.8 Å². The van der Waals surface area contributed by atoms with Gasteiger partial charge in [0.15, 0.2) is 0 Å². The third-order valence-corrected chi connectivity index (χ3v) is 8.89. The minimum Gasteiger partial charge on any atom is -0.497 e. The maximum Gasteiger partial charge on any atom is 0.264 e. The number of sulfonamides is 1. The first-order valence-corrected chi connectivity index (χ1v) is 14.7. The SMILES string of the molecule is COc1ccc(N(CC(=O)N(Cc2ccc(F)cc2)[C@H](C)C(=O)NC2CCCC2)S(=O)(=O)c2ccccc2)cc1. The number of hydrogen-bond donors (Lipinski definition) is 1. The van der Waals surface area contributed by atoms with Gasteiger partial charge in [0.05, 0.1) is 17.7 Å². The Morgan fingerprint density at radius 3 is 2.20 bits per heavy atom. The van der Waals surface area contributed by atoms with Crippen molar-refractivity contribution in [3.8, 4) is 5.75 Å². The normalized spacial score (nSPS) is 14.4. The minimum absolute atomic E-state index is 0.000202. The quantitative estimate of drug-likeness (QED) is 0.368. The largest absolute Gasteiger partial charge is 0.497 e. The number of carbonyl (C=O) groups is 2. The molecule has 1 fully saturated rings. The number of ether oxygens (including phenoxy) is 1. The zero-order chi connectivity index (χ0) is 28.7. The van der Waals surface area contributed by atoms with E-state index < -0.39 is 34.3 Å². The van der Waals surface area contributed by atoms with Gasteiger partial charge in [-0.05, 0) is 73.9 Å². The van der Waals surface area contributed by atoms with Crippen molar-refractivity contribution >= 4 is 27.5 Å². The molecule has 0 spiro atoms. The van der Waals surface area contributed by atoms with Crippen molar-refractivity contribution in [2.24, 2.45) is 0 Å². The molecule has 0 aromatic heterocycles. The van der Waals surface area contributed by atoms with Gasteiger partial charge in [0, 0.05) is 12.6 Å². The summed E-state index contributed by atoms with van der Waals surface area (Å²) in [5.41, 5.74) is 0.875. The molecule has 1 atom stereocenters. The second-order valence-electron chi connectivity index (χ2n) is 9.84. The average molecular weight is 568 g/mol. The highest BCUT2D eigenvalue weighted by Gasteiger charge is 2.33. The lowest BCUT2D eigenvalue weighted by Crippen LogP contribution is -2.52. The Labute approximate surface area is 234 Å². The van der Waals surface area contributed by atoms with E-state index in [1.54, 1.807) is 61.5 Å². The van der Waals surface area contributed by atoms with Crippen molar-refractivity contribution in [1.29, 1.82) is 0 Å². The Morgan fingerprint density at radius 1 is 0.975 bits per heavy atom. The monoisotopic (exact) mass is 567 g/mol. The number of nitrogens with zero attached hydrogens (tertiary/aromatic N) is 2. The van der Waals surface area contributed by atoms with Crippen LogP contribution in [0.2, 0.25) is 0 Å². The van der Waals surface area contributed by atoms with Crippen LogP contribution in [0.1, 0.15) is 38.2 Å². The standard InChI is InChI=1S/C30H34FN3O5S/c1-22(30(36)32-25-8-6-7-9-25)33(20-23-12-14-24(31)15-13-23)29(35)21-34(26-16-18-27(39-2)19-17-26)40(37,38)28-10-4-3-5-11-28/h3-5,10-19,22,25H,6-9,20-21H2,1-2H3,(H,32,36)/t22-/m1/s1. The molecular formula is C30H34FN3O5S. The van der Waals surface area contributed by atoms with E-state index >= 15 is 0 Å². The Morgan fingerprint density at radius 2 is 1.60 bits per heavy atom. The lowest BCUT2D eigenvalue weighted by molar-refractivity contribution is -0.139. The lowest BCUT2D eigenvalue weighted by Gasteiger charge is -2.32. The van der Waals surface area contributed by atoms with E-state index in [-0.39, 0.29) is 29.1 Å². The molecule has 1 aliphatic rings. The first kappa shape index (κ1) is 29.1. The van der Waals surface area contributed by atoms with Crippen LogP contribution in [0.3, 0.4) is 0 Å². The highest BCUT2D eigenvalue weighted by Crippen LogP contribution is 2.26. The zero-order valence-electron chi connectivity index (χ0n) is 22.6. The molecule has 40 heavy (non-hydrogen) atoms. The van der Waals surface area contributed by atoms with Gasteiger partial charge < -0.3 is 15.0 Å². The molecule has 0 radical (unpaired) electrons. The van der Waals surface area contributed by atoms with E-state index in [1.807, 2.05) is 0 Å². The topological polar surface area (TPSA) is 96.0 Å². The third-order valence-electron chi connectivity index (χ3n) is 7.11. The molecule has 3 aromatic carbocycles. The van der Waals surface area contributed by atoms with E-state index in [0.717, 1.165) is 30.0 Å². The fourth-order valence-electron chi connectivity index (χ4n) is 4.76. The lowest BCUT2D eigenvalue weighted by atomic mass is 10.1. The number of rotatable bonds is 11. The molecule has 10 heteroatoms. The molecule has 2 amide bonds. The smallest absolute Gasteiger partial charge is 0.264 e. The van der Waals surface area contributed by atoms with Crippen LogP contribution in [-0.2, 0) is 26.2 Å². The summed E-state index contributed by atoms with van der Waals surface area (Å²) in [4.78, 5) is 28.5. The second-order valence-corrected chi connectivity index (χ2v) is 11.7. The van der Waals surface area contributed by atoms with E-state index in [1.165, 1.54) is 36.3 Å². The van der Waals surface area contributed by atoms with E-state index in [2.05, 4.69) is 5.32 Å².